The summed E-state index contributed by atoms with van der Waals surface area (Å²) in [6.07, 6.45) is 4.56. The number of nitrogens with zero attached hydrogens (tertiary/aromatic N) is 1. The minimum Gasteiger partial charge on any atom is -0.381 e. The number of carbonyl (C=O) groups is 2. The molecule has 7 heteroatoms. The maximum atomic E-state index is 12.4. The van der Waals surface area contributed by atoms with Crippen LogP contribution < -0.4 is 10.6 Å². The highest BCUT2D eigenvalue weighted by atomic mass is 35.5. The van der Waals surface area contributed by atoms with Gasteiger partial charge in [0.15, 0.2) is 6.10 Å². The molecule has 1 fully saturated rings. The summed E-state index contributed by atoms with van der Waals surface area (Å²) in [5.41, 5.74) is 0.395. The molecule has 2 unspecified atom stereocenters. The predicted octanol–water partition coefficient (Wildman–Crippen LogP) is 1.61. The molecule has 1 aliphatic rings. The zero-order valence-electron chi connectivity index (χ0n) is 13.5. The molecular formula is C16H24ClN3O3. The number of halogens is 1. The van der Waals surface area contributed by atoms with E-state index in [4.69, 9.17) is 11.6 Å². The Morgan fingerprint density at radius 3 is 2.70 bits per heavy atom. The Morgan fingerprint density at radius 1 is 1.48 bits per heavy atom. The van der Waals surface area contributed by atoms with Gasteiger partial charge in [0, 0.05) is 19.3 Å². The number of carbonyl (C=O) groups excluding carboxylic acids is 2. The third-order valence-corrected chi connectivity index (χ3v) is 4.17. The number of nitrogens with one attached hydrogen (secondary N) is 2. The Hall–Kier alpha value is -1.53. The molecule has 128 valence electrons. The Labute approximate surface area is 141 Å². The second-order valence-electron chi connectivity index (χ2n) is 6.10. The van der Waals surface area contributed by atoms with Crippen molar-refractivity contribution in [3.63, 3.8) is 0 Å². The molecule has 0 aromatic carbocycles. The highest BCUT2D eigenvalue weighted by molar-refractivity contribution is 6.31. The zero-order chi connectivity index (χ0) is 17.0. The van der Waals surface area contributed by atoms with Crippen LogP contribution in [0.4, 0.5) is 0 Å². The lowest BCUT2D eigenvalue weighted by Crippen LogP contribution is -2.51. The van der Waals surface area contributed by atoms with Gasteiger partial charge in [0.2, 0.25) is 0 Å². The lowest BCUT2D eigenvalue weighted by molar-refractivity contribution is -0.130. The average Bonchev–Trinajstić information content (AvgIpc) is 3.25. The number of hydrogen-bond acceptors (Lipinski definition) is 3. The van der Waals surface area contributed by atoms with Gasteiger partial charge in [0.25, 0.3) is 11.8 Å². The molecule has 1 heterocycles. The first-order valence-electron chi connectivity index (χ1n) is 8.03. The molecule has 1 aromatic rings. The molecule has 3 N–H and O–H groups in total. The van der Waals surface area contributed by atoms with Gasteiger partial charge < -0.3 is 20.3 Å². The van der Waals surface area contributed by atoms with Crippen molar-refractivity contribution in [1.82, 2.24) is 15.2 Å². The number of aliphatic hydroxyl groups excluding tert-OH is 1. The Bertz CT molecular complexity index is 569. The highest BCUT2D eigenvalue weighted by Gasteiger charge is 2.32. The van der Waals surface area contributed by atoms with Gasteiger partial charge in [-0.1, -0.05) is 31.4 Å². The van der Waals surface area contributed by atoms with Crippen molar-refractivity contribution in [2.24, 2.45) is 7.05 Å². The number of amides is 2. The van der Waals surface area contributed by atoms with Gasteiger partial charge in [-0.25, -0.2) is 0 Å². The number of aliphatic hydroxyl groups is 1. The second-order valence-corrected chi connectivity index (χ2v) is 6.54. The third-order valence-electron chi connectivity index (χ3n) is 3.96. The van der Waals surface area contributed by atoms with E-state index < -0.39 is 18.1 Å². The summed E-state index contributed by atoms with van der Waals surface area (Å²) in [4.78, 5) is 24.4. The number of aryl methyl sites for hydroxylation is 1. The van der Waals surface area contributed by atoms with Crippen LogP contribution >= 0.6 is 11.6 Å². The standard InChI is InChI=1S/C16H24ClN3O3/c1-3-4-5-12(14(21)16(23)18-11-6-7-11)19-15(22)13-8-10(17)9-20(13)2/h8-9,11-12,14,21H,3-7H2,1-2H3,(H,18,23)(H,19,22). The van der Waals surface area contributed by atoms with Gasteiger partial charge in [0.1, 0.15) is 5.69 Å². The summed E-state index contributed by atoms with van der Waals surface area (Å²) in [7, 11) is 1.72. The van der Waals surface area contributed by atoms with E-state index in [1.807, 2.05) is 6.92 Å². The first-order valence-corrected chi connectivity index (χ1v) is 8.41. The van der Waals surface area contributed by atoms with Gasteiger partial charge in [-0.05, 0) is 25.3 Å². The summed E-state index contributed by atoms with van der Waals surface area (Å²) in [5, 5.41) is 16.3. The molecule has 0 aliphatic heterocycles. The third kappa shape index (κ3) is 4.97. The molecule has 23 heavy (non-hydrogen) atoms. The first kappa shape index (κ1) is 17.8. The minimum atomic E-state index is -1.25. The topological polar surface area (TPSA) is 83.4 Å². The lowest BCUT2D eigenvalue weighted by atomic mass is 10.0. The normalized spacial score (nSPS) is 16.7. The van der Waals surface area contributed by atoms with Crippen molar-refractivity contribution >= 4 is 23.4 Å². The summed E-state index contributed by atoms with van der Waals surface area (Å²) in [5.74, 6) is -0.766. The van der Waals surface area contributed by atoms with Crippen molar-refractivity contribution in [3.05, 3.63) is 23.0 Å². The van der Waals surface area contributed by atoms with E-state index in [1.54, 1.807) is 23.9 Å². The van der Waals surface area contributed by atoms with Crippen LogP contribution in [0.5, 0.6) is 0 Å². The van der Waals surface area contributed by atoms with E-state index in [0.717, 1.165) is 25.7 Å². The van der Waals surface area contributed by atoms with Gasteiger partial charge in [-0.15, -0.1) is 0 Å². The van der Waals surface area contributed by atoms with Crippen LogP contribution in [0.1, 0.15) is 49.5 Å². The quantitative estimate of drug-likeness (QED) is 0.671. The van der Waals surface area contributed by atoms with E-state index in [2.05, 4.69) is 10.6 Å². The maximum absolute atomic E-state index is 12.4. The SMILES string of the molecule is CCCCC(NC(=O)c1cc(Cl)cn1C)C(O)C(=O)NC1CC1. The maximum Gasteiger partial charge on any atom is 0.268 e. The molecule has 2 atom stereocenters. The molecule has 1 saturated carbocycles. The summed E-state index contributed by atoms with van der Waals surface area (Å²) >= 11 is 5.89. The van der Waals surface area contributed by atoms with Crippen LogP contribution in [0.2, 0.25) is 5.02 Å². The van der Waals surface area contributed by atoms with Crippen LogP contribution in [0.25, 0.3) is 0 Å². The van der Waals surface area contributed by atoms with E-state index >= 15 is 0 Å². The Balaban J connectivity index is 2.02. The van der Waals surface area contributed by atoms with E-state index in [-0.39, 0.29) is 11.9 Å². The second kappa shape index (κ2) is 7.84. The monoisotopic (exact) mass is 341 g/mol. The van der Waals surface area contributed by atoms with Crippen molar-refractivity contribution in [3.8, 4) is 0 Å². The molecular weight excluding hydrogens is 318 g/mol. The number of aromatic nitrogens is 1. The first-order chi connectivity index (χ1) is 10.9. The van der Waals surface area contributed by atoms with Crippen LogP contribution in [0, 0.1) is 0 Å². The zero-order valence-corrected chi connectivity index (χ0v) is 14.3. The molecule has 2 amide bonds. The van der Waals surface area contributed by atoms with Crippen LogP contribution in [-0.2, 0) is 11.8 Å². The van der Waals surface area contributed by atoms with E-state index in [1.165, 1.54) is 0 Å². The number of rotatable bonds is 8. The fourth-order valence-electron chi connectivity index (χ4n) is 2.42. The Morgan fingerprint density at radius 2 is 2.17 bits per heavy atom. The van der Waals surface area contributed by atoms with E-state index in [0.29, 0.717) is 17.1 Å². The fourth-order valence-corrected chi connectivity index (χ4v) is 2.67. The van der Waals surface area contributed by atoms with Crippen molar-refractivity contribution < 1.29 is 14.7 Å². The summed E-state index contributed by atoms with van der Waals surface area (Å²) in [6, 6.07) is 1.12. The van der Waals surface area contributed by atoms with Gasteiger partial charge in [-0.2, -0.15) is 0 Å². The average molecular weight is 342 g/mol. The molecule has 0 bridgehead atoms. The minimum absolute atomic E-state index is 0.173. The van der Waals surface area contributed by atoms with Crippen molar-refractivity contribution in [2.45, 2.75) is 57.2 Å². The van der Waals surface area contributed by atoms with E-state index in [9.17, 15) is 14.7 Å². The lowest BCUT2D eigenvalue weighted by Gasteiger charge is -2.23. The largest absolute Gasteiger partial charge is 0.381 e. The van der Waals surface area contributed by atoms with Crippen molar-refractivity contribution in [1.29, 1.82) is 0 Å². The summed E-state index contributed by atoms with van der Waals surface area (Å²) in [6.45, 7) is 2.02. The van der Waals surface area contributed by atoms with Crippen LogP contribution in [0.15, 0.2) is 12.3 Å². The summed E-state index contributed by atoms with van der Waals surface area (Å²) < 4.78 is 1.62. The number of unbranched alkanes of at least 4 members (excludes halogenated alkanes) is 1. The molecule has 6 nitrogen and oxygen atoms in total. The van der Waals surface area contributed by atoms with Gasteiger partial charge in [0.05, 0.1) is 11.1 Å². The number of hydrogen-bond donors (Lipinski definition) is 3. The smallest absolute Gasteiger partial charge is 0.268 e. The van der Waals surface area contributed by atoms with Gasteiger partial charge >= 0.3 is 0 Å². The van der Waals surface area contributed by atoms with Crippen molar-refractivity contribution in [2.75, 3.05) is 0 Å². The molecule has 0 saturated heterocycles. The van der Waals surface area contributed by atoms with Crippen LogP contribution in [0.3, 0.4) is 0 Å². The molecule has 1 aromatic heterocycles. The van der Waals surface area contributed by atoms with Gasteiger partial charge in [-0.3, -0.25) is 9.59 Å². The molecule has 1 aliphatic carbocycles. The van der Waals surface area contributed by atoms with Crippen LogP contribution in [-0.4, -0.2) is 39.7 Å². The fraction of sp³-hybridized carbons (Fsp3) is 0.625. The molecule has 0 radical (unpaired) electrons. The molecule has 2 rings (SSSR count). The Kier molecular flexibility index (Phi) is 6.07. The highest BCUT2D eigenvalue weighted by Crippen LogP contribution is 2.19. The molecule has 0 spiro atoms. The predicted molar refractivity (Wildman–Crippen MR) is 88.4 cm³/mol.